The normalized spacial score (nSPS) is 11.5. The number of carboxylic acid groups (broad SMARTS) is 1. The minimum absolute atomic E-state index is 0.273. The van der Waals surface area contributed by atoms with Gasteiger partial charge in [0, 0.05) is 12.0 Å². The van der Waals surface area contributed by atoms with E-state index < -0.39 is 5.97 Å². The highest BCUT2D eigenvalue weighted by molar-refractivity contribution is 5.87. The van der Waals surface area contributed by atoms with Crippen LogP contribution in [0.15, 0.2) is 30.5 Å². The first-order chi connectivity index (χ1) is 11.4. The molecule has 1 aromatic heterocycles. The first-order valence-corrected chi connectivity index (χ1v) is 7.53. The van der Waals surface area contributed by atoms with E-state index in [1.807, 2.05) is 32.0 Å². The van der Waals surface area contributed by atoms with Crippen LogP contribution in [-0.4, -0.2) is 23.2 Å². The van der Waals surface area contributed by atoms with Gasteiger partial charge >= 0.3 is 11.8 Å². The first kappa shape index (κ1) is 17.5. The number of para-hydroxylation sites is 1. The van der Waals surface area contributed by atoms with Crippen LogP contribution in [0.2, 0.25) is 0 Å². The van der Waals surface area contributed by atoms with E-state index in [9.17, 15) is 10.0 Å². The van der Waals surface area contributed by atoms with Crippen molar-refractivity contribution in [2.75, 3.05) is 7.11 Å². The number of hydrogen-bond donors (Lipinski definition) is 1. The number of aromatic nitrogens is 2. The summed E-state index contributed by atoms with van der Waals surface area (Å²) >= 11 is 0. The highest BCUT2D eigenvalue weighted by Crippen LogP contribution is 2.27. The van der Waals surface area contributed by atoms with Gasteiger partial charge in [-0.3, -0.25) is 0 Å². The van der Waals surface area contributed by atoms with E-state index in [0.717, 1.165) is 12.4 Å². The van der Waals surface area contributed by atoms with Gasteiger partial charge in [-0.2, -0.15) is 0 Å². The molecule has 0 radical (unpaired) electrons. The molecule has 128 valence electrons. The zero-order valence-corrected chi connectivity index (χ0v) is 13.9. The molecule has 7 heteroatoms. The lowest BCUT2D eigenvalue weighted by molar-refractivity contribution is -0.621. The lowest BCUT2D eigenvalue weighted by Gasteiger charge is -2.18. The highest BCUT2D eigenvalue weighted by atomic mass is 16.5. The lowest BCUT2D eigenvalue weighted by Crippen LogP contribution is -2.37. The molecule has 0 atom stereocenters. The zero-order chi connectivity index (χ0) is 17.7. The van der Waals surface area contributed by atoms with Crippen molar-refractivity contribution in [3.63, 3.8) is 0 Å². The van der Waals surface area contributed by atoms with E-state index >= 15 is 0 Å². The second-order valence-electron chi connectivity index (χ2n) is 5.70. The van der Waals surface area contributed by atoms with Gasteiger partial charge in [-0.15, -0.1) is 4.73 Å². The molecule has 0 amide bonds. The largest absolute Gasteiger partial charge is 0.616 e. The number of carboxylic acids is 1. The molecule has 0 spiro atoms. The second-order valence-corrected chi connectivity index (χ2v) is 5.70. The van der Waals surface area contributed by atoms with Gasteiger partial charge in [-0.25, -0.2) is 9.78 Å². The van der Waals surface area contributed by atoms with Crippen molar-refractivity contribution in [1.29, 1.82) is 0 Å². The van der Waals surface area contributed by atoms with Gasteiger partial charge in [0.05, 0.1) is 13.3 Å². The molecule has 2 aromatic rings. The maximum absolute atomic E-state index is 11.7. The Morgan fingerprint density at radius 3 is 2.58 bits per heavy atom. The topological polar surface area (TPSA) is 95.6 Å². The monoisotopic (exact) mass is 332 g/mol. The van der Waals surface area contributed by atoms with Crippen LogP contribution in [0, 0.1) is 11.1 Å². The Morgan fingerprint density at radius 2 is 2.17 bits per heavy atom. The van der Waals surface area contributed by atoms with Crippen LogP contribution >= 0.6 is 0 Å². The number of fused-ring (bicyclic) bond motifs is 1. The molecule has 3 rings (SSSR count). The molecule has 1 aliphatic heterocycles. The smallest absolute Gasteiger partial charge is 0.413 e. The van der Waals surface area contributed by atoms with Gasteiger partial charge in [0.1, 0.15) is 12.4 Å². The number of rotatable bonds is 4. The molecule has 1 aliphatic rings. The minimum atomic E-state index is -1.28. The molecule has 0 aliphatic carbocycles. The fourth-order valence-corrected chi connectivity index (χ4v) is 2.19. The summed E-state index contributed by atoms with van der Waals surface area (Å²) in [6, 6.07) is 8.08. The Morgan fingerprint density at radius 1 is 1.46 bits per heavy atom. The average Bonchev–Trinajstić information content (AvgIpc) is 2.50. The third-order valence-electron chi connectivity index (χ3n) is 3.36. The fraction of sp³-hybridized carbons (Fsp3) is 0.353. The summed E-state index contributed by atoms with van der Waals surface area (Å²) in [6.07, 6.45) is 1.80. The van der Waals surface area contributed by atoms with E-state index in [1.54, 1.807) is 0 Å². The molecule has 2 heterocycles. The van der Waals surface area contributed by atoms with Crippen molar-refractivity contribution in [3.8, 4) is 11.6 Å². The van der Waals surface area contributed by atoms with Crippen molar-refractivity contribution in [2.24, 2.45) is 5.92 Å². The standard InChI is InChI=1S/C10H14N2O4.C7H6O/c1-6(2)4-7-5-11-8(10(13)14)9(16-3)12(7)15;1-2-4-7-6(3-1)5-8-7/h5-6H,4H2,1-3H3,(H,13,14);1-4H,5H2. The molecule has 0 fully saturated rings. The Balaban J connectivity index is 0.000000214. The number of nitrogens with zero attached hydrogens (tertiary/aromatic N) is 2. The van der Waals surface area contributed by atoms with Crippen molar-refractivity contribution < 1.29 is 24.1 Å². The Bertz CT molecular complexity index is 708. The Hall–Kier alpha value is -2.83. The van der Waals surface area contributed by atoms with E-state index in [4.69, 9.17) is 14.6 Å². The van der Waals surface area contributed by atoms with E-state index in [0.29, 0.717) is 16.8 Å². The number of aromatic carboxylic acids is 1. The molecular formula is C17H20N2O5. The third-order valence-corrected chi connectivity index (χ3v) is 3.36. The lowest BCUT2D eigenvalue weighted by atomic mass is 10.1. The Labute approximate surface area is 140 Å². The summed E-state index contributed by atoms with van der Waals surface area (Å²) in [4.78, 5) is 14.5. The van der Waals surface area contributed by atoms with Crippen molar-refractivity contribution in [2.45, 2.75) is 26.9 Å². The fourth-order valence-electron chi connectivity index (χ4n) is 2.19. The molecule has 0 unspecified atom stereocenters. The quantitative estimate of drug-likeness (QED) is 0.681. The van der Waals surface area contributed by atoms with Gasteiger partial charge in [-0.1, -0.05) is 32.0 Å². The molecule has 1 aromatic carbocycles. The predicted octanol–water partition coefficient (Wildman–Crippen LogP) is 2.20. The van der Waals surface area contributed by atoms with Crippen LogP contribution in [0.1, 0.15) is 35.6 Å². The predicted molar refractivity (Wildman–Crippen MR) is 86.0 cm³/mol. The van der Waals surface area contributed by atoms with Crippen LogP contribution < -0.4 is 14.2 Å². The summed E-state index contributed by atoms with van der Waals surface area (Å²) in [5.41, 5.74) is 1.36. The van der Waals surface area contributed by atoms with Crippen LogP contribution in [-0.2, 0) is 13.0 Å². The molecule has 0 saturated heterocycles. The van der Waals surface area contributed by atoms with Crippen molar-refractivity contribution in [1.82, 2.24) is 4.98 Å². The van der Waals surface area contributed by atoms with Gasteiger partial charge in [-0.05, 0) is 12.0 Å². The maximum Gasteiger partial charge on any atom is 0.413 e. The molecule has 7 nitrogen and oxygen atoms in total. The number of hydrogen-bond acceptors (Lipinski definition) is 5. The van der Waals surface area contributed by atoms with Gasteiger partial charge in [0.15, 0.2) is 0 Å². The summed E-state index contributed by atoms with van der Waals surface area (Å²) in [7, 11) is 1.25. The molecule has 1 N–H and O–H groups in total. The SMILES string of the molecule is COc1c(C(=O)O)ncc(CC(C)C)[n+]1[O-].c1ccc2c(c1)CO2. The summed E-state index contributed by atoms with van der Waals surface area (Å²) in [5.74, 6) is -0.224. The third kappa shape index (κ3) is 3.92. The number of methoxy groups -OCH3 is 1. The Kier molecular flexibility index (Phi) is 5.57. The maximum atomic E-state index is 11.7. The van der Waals surface area contributed by atoms with Crippen LogP contribution in [0.25, 0.3) is 0 Å². The summed E-state index contributed by atoms with van der Waals surface area (Å²) < 4.78 is 10.3. The highest BCUT2D eigenvalue weighted by Gasteiger charge is 2.25. The van der Waals surface area contributed by atoms with Gasteiger partial charge in [0.25, 0.3) is 5.69 Å². The van der Waals surface area contributed by atoms with E-state index in [-0.39, 0.29) is 17.5 Å². The van der Waals surface area contributed by atoms with Crippen LogP contribution in [0.5, 0.6) is 11.6 Å². The molecule has 24 heavy (non-hydrogen) atoms. The van der Waals surface area contributed by atoms with E-state index in [1.165, 1.54) is 18.9 Å². The molecular weight excluding hydrogens is 312 g/mol. The summed E-state index contributed by atoms with van der Waals surface area (Å²) in [6.45, 7) is 4.71. The number of benzene rings is 1. The van der Waals surface area contributed by atoms with E-state index in [2.05, 4.69) is 11.1 Å². The average molecular weight is 332 g/mol. The van der Waals surface area contributed by atoms with Crippen molar-refractivity contribution >= 4 is 5.97 Å². The minimum Gasteiger partial charge on any atom is -0.616 e. The van der Waals surface area contributed by atoms with Crippen molar-refractivity contribution in [3.05, 3.63) is 52.6 Å². The first-order valence-electron chi connectivity index (χ1n) is 7.53. The molecule has 0 bridgehead atoms. The van der Waals surface area contributed by atoms with Gasteiger partial charge in [0.2, 0.25) is 5.69 Å². The van der Waals surface area contributed by atoms with Crippen LogP contribution in [0.4, 0.5) is 0 Å². The number of carbonyl (C=O) groups is 1. The number of ether oxygens (including phenoxy) is 2. The van der Waals surface area contributed by atoms with Gasteiger partial charge < -0.3 is 19.8 Å². The zero-order valence-electron chi connectivity index (χ0n) is 13.9. The van der Waals surface area contributed by atoms with Crippen LogP contribution in [0.3, 0.4) is 0 Å². The summed E-state index contributed by atoms with van der Waals surface area (Å²) in [5, 5.41) is 20.5. The second kappa shape index (κ2) is 7.63. The molecule has 0 saturated carbocycles.